The lowest BCUT2D eigenvalue weighted by Gasteiger charge is -2.11. The van der Waals surface area contributed by atoms with Gasteiger partial charge in [-0.2, -0.15) is 4.98 Å². The highest BCUT2D eigenvalue weighted by atomic mass is 79.9. The Morgan fingerprint density at radius 2 is 2.33 bits per heavy atom. The predicted octanol–water partition coefficient (Wildman–Crippen LogP) is 3.58. The standard InChI is InChI=1S/C15H16BrClFN5O/c1-8(18)11(19)5-9-6-12-14(20-7-10-3-2-4-24-10)21-15(17)22-23(12)13(9)16/h2-4,6,8,11H,5,7,19H2,1H3,(H,20,21,22)/t8-,11+/m0/s1. The maximum absolute atomic E-state index is 13.4. The number of rotatable bonds is 6. The third-order valence-corrected chi connectivity index (χ3v) is 4.68. The van der Waals surface area contributed by atoms with Gasteiger partial charge >= 0.3 is 0 Å². The smallest absolute Gasteiger partial charge is 0.243 e. The maximum Gasteiger partial charge on any atom is 0.243 e. The number of aromatic nitrogens is 3. The fraction of sp³-hybridized carbons (Fsp3) is 0.333. The molecule has 3 aromatic rings. The fourth-order valence-electron chi connectivity index (χ4n) is 2.32. The largest absolute Gasteiger partial charge is 0.467 e. The molecule has 0 aliphatic carbocycles. The summed E-state index contributed by atoms with van der Waals surface area (Å²) in [7, 11) is 0. The molecule has 0 bridgehead atoms. The van der Waals surface area contributed by atoms with E-state index in [2.05, 4.69) is 31.3 Å². The molecule has 0 unspecified atom stereocenters. The lowest BCUT2D eigenvalue weighted by atomic mass is 10.1. The molecular weight excluding hydrogens is 401 g/mol. The van der Waals surface area contributed by atoms with E-state index in [1.807, 2.05) is 18.2 Å². The molecule has 0 aliphatic rings. The summed E-state index contributed by atoms with van der Waals surface area (Å²) >= 11 is 9.49. The summed E-state index contributed by atoms with van der Waals surface area (Å²) < 4.78 is 21.0. The molecule has 6 nitrogen and oxygen atoms in total. The average molecular weight is 417 g/mol. The Morgan fingerprint density at radius 3 is 3.00 bits per heavy atom. The second-order valence-electron chi connectivity index (χ2n) is 5.47. The number of nitrogens with one attached hydrogen (secondary N) is 1. The van der Waals surface area contributed by atoms with Crippen molar-refractivity contribution in [2.45, 2.75) is 32.1 Å². The summed E-state index contributed by atoms with van der Waals surface area (Å²) in [5.74, 6) is 1.32. The Kier molecular flexibility index (Phi) is 5.07. The first-order valence-electron chi connectivity index (χ1n) is 7.35. The van der Waals surface area contributed by atoms with Crippen LogP contribution in [0.3, 0.4) is 0 Å². The van der Waals surface area contributed by atoms with Gasteiger partial charge in [-0.25, -0.2) is 8.91 Å². The SMILES string of the molecule is C[C@H](F)[C@H](N)Cc1cc2c(NCc3ccco3)nc(Cl)nn2c1Br. The van der Waals surface area contributed by atoms with Crippen LogP contribution < -0.4 is 11.1 Å². The van der Waals surface area contributed by atoms with Gasteiger partial charge in [0, 0.05) is 6.04 Å². The second kappa shape index (κ2) is 7.08. The molecule has 3 aromatic heterocycles. The summed E-state index contributed by atoms with van der Waals surface area (Å²) in [5, 5.41) is 7.44. The molecule has 0 aromatic carbocycles. The van der Waals surface area contributed by atoms with Gasteiger partial charge in [0.1, 0.15) is 22.1 Å². The molecule has 2 atom stereocenters. The van der Waals surface area contributed by atoms with Crippen molar-refractivity contribution < 1.29 is 8.81 Å². The molecule has 0 fully saturated rings. The van der Waals surface area contributed by atoms with Crippen molar-refractivity contribution in [1.82, 2.24) is 14.6 Å². The summed E-state index contributed by atoms with van der Waals surface area (Å²) in [6, 6.07) is 4.94. The van der Waals surface area contributed by atoms with E-state index in [1.165, 1.54) is 6.92 Å². The third-order valence-electron chi connectivity index (χ3n) is 3.68. The highest BCUT2D eigenvalue weighted by Crippen LogP contribution is 2.28. The van der Waals surface area contributed by atoms with Crippen LogP contribution in [0.25, 0.3) is 5.52 Å². The van der Waals surface area contributed by atoms with Crippen LogP contribution in [0.15, 0.2) is 33.5 Å². The molecule has 0 saturated carbocycles. The predicted molar refractivity (Wildman–Crippen MR) is 94.0 cm³/mol. The molecule has 0 amide bonds. The molecular formula is C15H16BrClFN5O. The van der Waals surface area contributed by atoms with Gasteiger partial charge in [0.15, 0.2) is 5.82 Å². The maximum atomic E-state index is 13.4. The highest BCUT2D eigenvalue weighted by Gasteiger charge is 2.19. The van der Waals surface area contributed by atoms with E-state index in [9.17, 15) is 4.39 Å². The summed E-state index contributed by atoms with van der Waals surface area (Å²) in [5.41, 5.74) is 7.39. The molecule has 0 aliphatic heterocycles. The van der Waals surface area contributed by atoms with E-state index in [0.717, 1.165) is 11.3 Å². The molecule has 0 spiro atoms. The van der Waals surface area contributed by atoms with Crippen molar-refractivity contribution in [2.24, 2.45) is 5.73 Å². The van der Waals surface area contributed by atoms with Crippen molar-refractivity contribution in [2.75, 3.05) is 5.32 Å². The molecule has 128 valence electrons. The molecule has 9 heteroatoms. The van der Waals surface area contributed by atoms with Crippen molar-refractivity contribution in [3.63, 3.8) is 0 Å². The summed E-state index contributed by atoms with van der Waals surface area (Å²) in [6.07, 6.45) is 0.869. The highest BCUT2D eigenvalue weighted by molar-refractivity contribution is 9.10. The zero-order chi connectivity index (χ0) is 17.3. The second-order valence-corrected chi connectivity index (χ2v) is 6.55. The third kappa shape index (κ3) is 3.55. The van der Waals surface area contributed by atoms with Gasteiger partial charge < -0.3 is 15.5 Å². The number of nitrogens with zero attached hydrogens (tertiary/aromatic N) is 3. The van der Waals surface area contributed by atoms with Gasteiger partial charge in [-0.05, 0) is 64.6 Å². The molecule has 24 heavy (non-hydrogen) atoms. The topological polar surface area (TPSA) is 81.4 Å². The number of nitrogens with two attached hydrogens (primary N) is 1. The Morgan fingerprint density at radius 1 is 1.54 bits per heavy atom. The Bertz CT molecular complexity index is 836. The van der Waals surface area contributed by atoms with E-state index >= 15 is 0 Å². The first-order chi connectivity index (χ1) is 11.5. The van der Waals surface area contributed by atoms with E-state index < -0.39 is 12.2 Å². The number of furan rings is 1. The zero-order valence-electron chi connectivity index (χ0n) is 12.8. The number of fused-ring (bicyclic) bond motifs is 1. The van der Waals surface area contributed by atoms with Crippen LogP contribution in [0.4, 0.5) is 10.2 Å². The molecule has 3 rings (SSSR count). The number of anilines is 1. The first kappa shape index (κ1) is 17.2. The van der Waals surface area contributed by atoms with Crippen LogP contribution in [0.5, 0.6) is 0 Å². The van der Waals surface area contributed by atoms with Gasteiger partial charge in [-0.3, -0.25) is 0 Å². The lowest BCUT2D eigenvalue weighted by molar-refractivity contribution is 0.304. The van der Waals surface area contributed by atoms with Gasteiger partial charge in [0.05, 0.1) is 12.8 Å². The van der Waals surface area contributed by atoms with Crippen LogP contribution in [0.1, 0.15) is 18.2 Å². The monoisotopic (exact) mass is 415 g/mol. The minimum Gasteiger partial charge on any atom is -0.467 e. The van der Waals surface area contributed by atoms with E-state index in [-0.39, 0.29) is 5.28 Å². The summed E-state index contributed by atoms with van der Waals surface area (Å²) in [6.45, 7) is 1.90. The minimum atomic E-state index is -1.11. The Balaban J connectivity index is 1.94. The molecule has 0 saturated heterocycles. The van der Waals surface area contributed by atoms with Gasteiger partial charge in [0.25, 0.3) is 0 Å². The van der Waals surface area contributed by atoms with Crippen LogP contribution in [-0.2, 0) is 13.0 Å². The fourth-order valence-corrected chi connectivity index (χ4v) is 3.03. The Hall–Kier alpha value is -1.64. The number of halogens is 3. The van der Waals surface area contributed by atoms with Crippen molar-refractivity contribution in [3.05, 3.63) is 45.7 Å². The van der Waals surface area contributed by atoms with E-state index in [0.29, 0.717) is 28.9 Å². The van der Waals surface area contributed by atoms with Crippen LogP contribution in [0.2, 0.25) is 5.28 Å². The van der Waals surface area contributed by atoms with Crippen molar-refractivity contribution >= 4 is 38.9 Å². The van der Waals surface area contributed by atoms with E-state index in [4.69, 9.17) is 21.8 Å². The van der Waals surface area contributed by atoms with Crippen LogP contribution in [0, 0.1) is 0 Å². The van der Waals surface area contributed by atoms with Crippen LogP contribution >= 0.6 is 27.5 Å². The van der Waals surface area contributed by atoms with Gasteiger partial charge in [-0.1, -0.05) is 0 Å². The quantitative estimate of drug-likeness (QED) is 0.642. The number of hydrogen-bond donors (Lipinski definition) is 2. The van der Waals surface area contributed by atoms with Crippen LogP contribution in [-0.4, -0.2) is 26.8 Å². The number of hydrogen-bond acceptors (Lipinski definition) is 5. The minimum absolute atomic E-state index is 0.0930. The Labute approximate surface area is 151 Å². The number of alkyl halides is 1. The normalized spacial score (nSPS) is 14.0. The molecule has 3 N–H and O–H groups in total. The van der Waals surface area contributed by atoms with Crippen molar-refractivity contribution in [1.29, 1.82) is 0 Å². The summed E-state index contributed by atoms with van der Waals surface area (Å²) in [4.78, 5) is 4.22. The average Bonchev–Trinajstić information content (AvgIpc) is 3.15. The van der Waals surface area contributed by atoms with E-state index in [1.54, 1.807) is 10.8 Å². The lowest BCUT2D eigenvalue weighted by Crippen LogP contribution is -2.31. The molecule has 3 heterocycles. The molecule has 0 radical (unpaired) electrons. The van der Waals surface area contributed by atoms with Crippen molar-refractivity contribution in [3.8, 4) is 0 Å². The first-order valence-corrected chi connectivity index (χ1v) is 8.52. The van der Waals surface area contributed by atoms with Gasteiger partial charge in [0.2, 0.25) is 5.28 Å². The van der Waals surface area contributed by atoms with Gasteiger partial charge in [-0.15, -0.1) is 5.10 Å². The zero-order valence-corrected chi connectivity index (χ0v) is 15.2.